The zero-order chi connectivity index (χ0) is 7.95. The molecule has 0 radical (unpaired) electrons. The first-order chi connectivity index (χ1) is 5.12. The quantitative estimate of drug-likeness (QED) is 0.652. The maximum atomic E-state index is 3.59. The van der Waals surface area contributed by atoms with Gasteiger partial charge in [0.2, 0.25) is 0 Å². The largest absolute Gasteiger partial charge is 0.316 e. The van der Waals surface area contributed by atoms with Crippen LogP contribution >= 0.6 is 0 Å². The van der Waals surface area contributed by atoms with Gasteiger partial charge < -0.3 is 5.32 Å². The molecule has 0 saturated heterocycles. The number of hydrogen-bond acceptors (Lipinski definition) is 1. The molecule has 0 spiro atoms. The van der Waals surface area contributed by atoms with Gasteiger partial charge in [-0.05, 0) is 36.5 Å². The molecule has 2 aliphatic carbocycles. The van der Waals surface area contributed by atoms with Gasteiger partial charge in [0.1, 0.15) is 0 Å². The second-order valence-electron chi connectivity index (χ2n) is 5.22. The van der Waals surface area contributed by atoms with E-state index in [4.69, 9.17) is 0 Å². The van der Waals surface area contributed by atoms with Crippen molar-refractivity contribution in [2.75, 3.05) is 13.1 Å². The van der Waals surface area contributed by atoms with E-state index in [1.807, 2.05) is 0 Å². The van der Waals surface area contributed by atoms with E-state index in [0.717, 1.165) is 0 Å². The van der Waals surface area contributed by atoms with Crippen molar-refractivity contribution in [3.8, 4) is 0 Å². The fourth-order valence-corrected chi connectivity index (χ4v) is 1.45. The van der Waals surface area contributed by atoms with Crippen LogP contribution in [0, 0.1) is 10.8 Å². The molecule has 2 fully saturated rings. The Morgan fingerprint density at radius 2 is 1.27 bits per heavy atom. The van der Waals surface area contributed by atoms with Gasteiger partial charge in [-0.15, -0.1) is 0 Å². The molecule has 0 aromatic rings. The zero-order valence-electron chi connectivity index (χ0n) is 7.74. The van der Waals surface area contributed by atoms with Crippen LogP contribution in [-0.4, -0.2) is 13.1 Å². The molecular weight excluding hydrogens is 134 g/mol. The molecule has 0 unspecified atom stereocenters. The second-order valence-corrected chi connectivity index (χ2v) is 5.22. The first-order valence-electron chi connectivity index (χ1n) is 4.83. The summed E-state index contributed by atoms with van der Waals surface area (Å²) in [6.07, 6.45) is 5.76. The lowest BCUT2D eigenvalue weighted by Gasteiger charge is -2.13. The molecule has 0 amide bonds. The average molecular weight is 153 g/mol. The minimum absolute atomic E-state index is 0.686. The van der Waals surface area contributed by atoms with Crippen molar-refractivity contribution in [1.29, 1.82) is 0 Å². The van der Waals surface area contributed by atoms with Crippen molar-refractivity contribution >= 4 is 0 Å². The molecule has 1 nitrogen and oxygen atoms in total. The summed E-state index contributed by atoms with van der Waals surface area (Å²) in [5, 5.41) is 3.59. The van der Waals surface area contributed by atoms with Crippen molar-refractivity contribution in [3.05, 3.63) is 0 Å². The van der Waals surface area contributed by atoms with Gasteiger partial charge >= 0.3 is 0 Å². The van der Waals surface area contributed by atoms with Crippen molar-refractivity contribution in [3.63, 3.8) is 0 Å². The topological polar surface area (TPSA) is 12.0 Å². The third kappa shape index (κ3) is 1.96. The molecule has 0 aliphatic heterocycles. The Kier molecular flexibility index (Phi) is 1.54. The SMILES string of the molecule is CC1(CNCC2(C)CC2)CC1. The van der Waals surface area contributed by atoms with E-state index in [-0.39, 0.29) is 0 Å². The number of hydrogen-bond donors (Lipinski definition) is 1. The van der Waals surface area contributed by atoms with Crippen LogP contribution in [0.25, 0.3) is 0 Å². The first-order valence-corrected chi connectivity index (χ1v) is 4.83. The molecule has 64 valence electrons. The van der Waals surface area contributed by atoms with E-state index >= 15 is 0 Å². The molecule has 0 atom stereocenters. The van der Waals surface area contributed by atoms with Crippen molar-refractivity contribution < 1.29 is 0 Å². The van der Waals surface area contributed by atoms with Gasteiger partial charge in [-0.25, -0.2) is 0 Å². The number of rotatable bonds is 4. The molecule has 11 heavy (non-hydrogen) atoms. The monoisotopic (exact) mass is 153 g/mol. The van der Waals surface area contributed by atoms with Gasteiger partial charge in [-0.1, -0.05) is 13.8 Å². The highest BCUT2D eigenvalue weighted by Gasteiger charge is 2.40. The van der Waals surface area contributed by atoms with Crippen molar-refractivity contribution in [2.45, 2.75) is 39.5 Å². The summed E-state index contributed by atoms with van der Waals surface area (Å²) in [6, 6.07) is 0. The predicted octanol–water partition coefficient (Wildman–Crippen LogP) is 2.18. The van der Waals surface area contributed by atoms with Crippen LogP contribution in [0.15, 0.2) is 0 Å². The van der Waals surface area contributed by atoms with Gasteiger partial charge in [-0.2, -0.15) is 0 Å². The van der Waals surface area contributed by atoms with Gasteiger partial charge in [-0.3, -0.25) is 0 Å². The van der Waals surface area contributed by atoms with E-state index < -0.39 is 0 Å². The van der Waals surface area contributed by atoms with E-state index in [2.05, 4.69) is 19.2 Å². The lowest BCUT2D eigenvalue weighted by molar-refractivity contribution is 0.438. The molecular formula is C10H19N. The molecule has 0 aromatic carbocycles. The Morgan fingerprint density at radius 1 is 0.909 bits per heavy atom. The Labute approximate surface area is 69.6 Å². The molecule has 0 aromatic heterocycles. The fourth-order valence-electron chi connectivity index (χ4n) is 1.45. The molecule has 2 aliphatic rings. The van der Waals surface area contributed by atoms with E-state index in [1.165, 1.54) is 38.8 Å². The van der Waals surface area contributed by atoms with Gasteiger partial charge in [0.25, 0.3) is 0 Å². The van der Waals surface area contributed by atoms with E-state index in [0.29, 0.717) is 10.8 Å². The molecule has 0 bridgehead atoms. The lowest BCUT2D eigenvalue weighted by atomic mass is 10.1. The van der Waals surface area contributed by atoms with Gasteiger partial charge in [0.05, 0.1) is 0 Å². The molecule has 1 heteroatoms. The van der Waals surface area contributed by atoms with Crippen LogP contribution in [0.2, 0.25) is 0 Å². The zero-order valence-corrected chi connectivity index (χ0v) is 7.74. The van der Waals surface area contributed by atoms with Crippen LogP contribution in [0.4, 0.5) is 0 Å². The molecule has 0 heterocycles. The molecule has 2 rings (SSSR count). The summed E-state index contributed by atoms with van der Waals surface area (Å²) in [5.74, 6) is 0. The second kappa shape index (κ2) is 2.22. The highest BCUT2D eigenvalue weighted by atomic mass is 14.9. The Hall–Kier alpha value is -0.0400. The van der Waals surface area contributed by atoms with Gasteiger partial charge in [0.15, 0.2) is 0 Å². The summed E-state index contributed by atoms with van der Waals surface area (Å²) in [5.41, 5.74) is 1.37. The Balaban J connectivity index is 1.60. The highest BCUT2D eigenvalue weighted by molar-refractivity contribution is 4.94. The van der Waals surface area contributed by atoms with Crippen LogP contribution in [0.1, 0.15) is 39.5 Å². The van der Waals surface area contributed by atoms with E-state index in [9.17, 15) is 0 Å². The summed E-state index contributed by atoms with van der Waals surface area (Å²) >= 11 is 0. The molecule has 1 N–H and O–H groups in total. The number of nitrogens with one attached hydrogen (secondary N) is 1. The van der Waals surface area contributed by atoms with Crippen LogP contribution < -0.4 is 5.32 Å². The predicted molar refractivity (Wildman–Crippen MR) is 47.6 cm³/mol. The smallest absolute Gasteiger partial charge is 0.000540 e. The minimum Gasteiger partial charge on any atom is -0.316 e. The third-order valence-corrected chi connectivity index (χ3v) is 3.31. The first kappa shape index (κ1) is 7.60. The maximum Gasteiger partial charge on any atom is 0.000540 e. The summed E-state index contributed by atoms with van der Waals surface area (Å²) < 4.78 is 0. The van der Waals surface area contributed by atoms with E-state index in [1.54, 1.807) is 0 Å². The Bertz CT molecular complexity index is 136. The molecule has 2 saturated carbocycles. The maximum absolute atomic E-state index is 3.59. The standard InChI is InChI=1S/C10H19N/c1-9(3-4-9)7-11-8-10(2)5-6-10/h11H,3-8H2,1-2H3. The minimum atomic E-state index is 0.686. The van der Waals surface area contributed by atoms with Crippen molar-refractivity contribution in [1.82, 2.24) is 5.32 Å². The summed E-state index contributed by atoms with van der Waals surface area (Å²) in [7, 11) is 0. The van der Waals surface area contributed by atoms with Gasteiger partial charge in [0, 0.05) is 13.1 Å². The average Bonchev–Trinajstić information content (AvgIpc) is 2.78. The Morgan fingerprint density at radius 3 is 1.55 bits per heavy atom. The van der Waals surface area contributed by atoms with Crippen molar-refractivity contribution in [2.24, 2.45) is 10.8 Å². The highest BCUT2D eigenvalue weighted by Crippen LogP contribution is 2.46. The lowest BCUT2D eigenvalue weighted by Crippen LogP contribution is -2.27. The van der Waals surface area contributed by atoms with Crippen LogP contribution in [0.5, 0.6) is 0 Å². The summed E-state index contributed by atoms with van der Waals surface area (Å²) in [6.45, 7) is 7.27. The summed E-state index contributed by atoms with van der Waals surface area (Å²) in [4.78, 5) is 0. The fraction of sp³-hybridized carbons (Fsp3) is 1.00. The normalized spacial score (nSPS) is 30.0. The van der Waals surface area contributed by atoms with Crippen LogP contribution in [0.3, 0.4) is 0 Å². The van der Waals surface area contributed by atoms with Crippen LogP contribution in [-0.2, 0) is 0 Å². The third-order valence-electron chi connectivity index (χ3n) is 3.31.